The lowest BCUT2D eigenvalue weighted by molar-refractivity contribution is 0.153. The number of nitrogens with one attached hydrogen (secondary N) is 1. The van der Waals surface area contributed by atoms with Gasteiger partial charge in [-0.1, -0.05) is 28.1 Å². The van der Waals surface area contributed by atoms with E-state index in [4.69, 9.17) is 0 Å². The highest BCUT2D eigenvalue weighted by atomic mass is 79.9. The number of piperazine rings is 1. The maximum Gasteiger partial charge on any atom is 0.215 e. The van der Waals surface area contributed by atoms with Crippen molar-refractivity contribution < 1.29 is 8.42 Å². The number of hydrogen-bond donors (Lipinski definition) is 1. The molecular weight excluding hydrogens is 366 g/mol. The molecule has 0 aromatic heterocycles. The maximum atomic E-state index is 12.0. The van der Waals surface area contributed by atoms with Gasteiger partial charge in [0.25, 0.3) is 0 Å². The molecule has 0 atom stereocenters. The Hall–Kier alpha value is -0.470. The van der Waals surface area contributed by atoms with Gasteiger partial charge in [0.2, 0.25) is 10.0 Å². The minimum absolute atomic E-state index is 0.0365. The molecule has 124 valence electrons. The van der Waals surface area contributed by atoms with Gasteiger partial charge in [0.15, 0.2) is 0 Å². The number of sulfonamides is 1. The SMILES string of the molecule is CN1CCN(CCCNS(=O)(=O)Cc2ccc(Br)cc2)CC1. The van der Waals surface area contributed by atoms with Gasteiger partial charge in [-0.3, -0.25) is 0 Å². The van der Waals surface area contributed by atoms with Gasteiger partial charge >= 0.3 is 0 Å². The summed E-state index contributed by atoms with van der Waals surface area (Å²) in [6.07, 6.45) is 0.850. The van der Waals surface area contributed by atoms with Crippen molar-refractivity contribution in [3.8, 4) is 0 Å². The molecule has 0 spiro atoms. The molecule has 0 radical (unpaired) electrons. The van der Waals surface area contributed by atoms with Crippen molar-refractivity contribution in [2.75, 3.05) is 46.3 Å². The Morgan fingerprint density at radius 1 is 1.14 bits per heavy atom. The smallest absolute Gasteiger partial charge is 0.215 e. The second kappa shape index (κ2) is 8.40. The Morgan fingerprint density at radius 3 is 2.41 bits per heavy atom. The van der Waals surface area contributed by atoms with Gasteiger partial charge in [0.05, 0.1) is 5.75 Å². The van der Waals surface area contributed by atoms with Crippen LogP contribution in [0.15, 0.2) is 28.7 Å². The Kier molecular flexibility index (Phi) is 6.83. The molecule has 1 aromatic carbocycles. The number of halogens is 1. The lowest BCUT2D eigenvalue weighted by Gasteiger charge is -2.32. The first-order chi connectivity index (χ1) is 10.4. The Bertz CT molecular complexity index is 555. The van der Waals surface area contributed by atoms with Crippen LogP contribution in [-0.4, -0.2) is 64.5 Å². The first-order valence-electron chi connectivity index (χ1n) is 7.57. The summed E-state index contributed by atoms with van der Waals surface area (Å²) in [5.74, 6) is 0.0365. The van der Waals surface area contributed by atoms with E-state index in [9.17, 15) is 8.42 Å². The monoisotopic (exact) mass is 389 g/mol. The lowest BCUT2D eigenvalue weighted by atomic mass is 10.2. The largest absolute Gasteiger partial charge is 0.304 e. The predicted octanol–water partition coefficient (Wildman–Crippen LogP) is 1.51. The summed E-state index contributed by atoms with van der Waals surface area (Å²) >= 11 is 3.35. The van der Waals surface area contributed by atoms with Crippen LogP contribution in [0, 0.1) is 0 Å². The van der Waals surface area contributed by atoms with Gasteiger partial charge in [-0.15, -0.1) is 0 Å². The average Bonchev–Trinajstić information content (AvgIpc) is 2.48. The highest BCUT2D eigenvalue weighted by Gasteiger charge is 2.14. The topological polar surface area (TPSA) is 52.6 Å². The van der Waals surface area contributed by atoms with E-state index in [1.54, 1.807) is 0 Å². The van der Waals surface area contributed by atoms with Gasteiger partial charge in [-0.25, -0.2) is 13.1 Å². The highest BCUT2D eigenvalue weighted by Crippen LogP contribution is 2.12. The number of nitrogens with zero attached hydrogens (tertiary/aromatic N) is 2. The van der Waals surface area contributed by atoms with Crippen molar-refractivity contribution in [1.29, 1.82) is 0 Å². The van der Waals surface area contributed by atoms with E-state index in [1.807, 2.05) is 24.3 Å². The van der Waals surface area contributed by atoms with Crippen molar-refractivity contribution in [2.45, 2.75) is 12.2 Å². The zero-order chi connectivity index (χ0) is 16.0. The van der Waals surface area contributed by atoms with Crippen LogP contribution < -0.4 is 4.72 Å². The highest BCUT2D eigenvalue weighted by molar-refractivity contribution is 9.10. The first-order valence-corrected chi connectivity index (χ1v) is 10.0. The fraction of sp³-hybridized carbons (Fsp3) is 0.600. The van der Waals surface area contributed by atoms with E-state index in [1.165, 1.54) is 0 Å². The standard InChI is InChI=1S/C15H24BrN3O2S/c1-18-9-11-19(12-10-18)8-2-7-17-22(20,21)13-14-3-5-15(16)6-4-14/h3-6,17H,2,7-13H2,1H3. The fourth-order valence-electron chi connectivity index (χ4n) is 2.45. The lowest BCUT2D eigenvalue weighted by Crippen LogP contribution is -2.45. The molecule has 0 amide bonds. The van der Waals surface area contributed by atoms with Crippen LogP contribution in [0.3, 0.4) is 0 Å². The summed E-state index contributed by atoms with van der Waals surface area (Å²) < 4.78 is 27.7. The summed E-state index contributed by atoms with van der Waals surface area (Å²) in [4.78, 5) is 4.71. The third kappa shape index (κ3) is 6.34. The molecule has 1 N–H and O–H groups in total. The number of hydrogen-bond acceptors (Lipinski definition) is 4. The summed E-state index contributed by atoms with van der Waals surface area (Å²) in [6, 6.07) is 7.37. The average molecular weight is 390 g/mol. The van der Waals surface area contributed by atoms with Crippen LogP contribution in [0.5, 0.6) is 0 Å². The molecule has 0 unspecified atom stereocenters. The van der Waals surface area contributed by atoms with Gasteiger partial charge in [-0.05, 0) is 37.7 Å². The van der Waals surface area contributed by atoms with Crippen molar-refractivity contribution in [1.82, 2.24) is 14.5 Å². The second-order valence-corrected chi connectivity index (χ2v) is 8.50. The molecule has 22 heavy (non-hydrogen) atoms. The van der Waals surface area contributed by atoms with Crippen LogP contribution in [0.2, 0.25) is 0 Å². The molecule has 0 saturated carbocycles. The summed E-state index contributed by atoms with van der Waals surface area (Å²) in [5.41, 5.74) is 0.801. The Morgan fingerprint density at radius 2 is 1.77 bits per heavy atom. The molecule has 1 heterocycles. The van der Waals surface area contributed by atoms with E-state index < -0.39 is 10.0 Å². The molecular formula is C15H24BrN3O2S. The van der Waals surface area contributed by atoms with Crippen molar-refractivity contribution >= 4 is 26.0 Å². The van der Waals surface area contributed by atoms with Crippen molar-refractivity contribution in [3.63, 3.8) is 0 Å². The van der Waals surface area contributed by atoms with Gasteiger partial charge in [0.1, 0.15) is 0 Å². The molecule has 1 aliphatic heterocycles. The van der Waals surface area contributed by atoms with E-state index in [2.05, 4.69) is 37.5 Å². The van der Waals surface area contributed by atoms with Crippen LogP contribution in [-0.2, 0) is 15.8 Å². The molecule has 1 fully saturated rings. The molecule has 1 aromatic rings. The molecule has 0 bridgehead atoms. The molecule has 5 nitrogen and oxygen atoms in total. The Labute approximate surface area is 141 Å². The van der Waals surface area contributed by atoms with Crippen molar-refractivity contribution in [2.24, 2.45) is 0 Å². The second-order valence-electron chi connectivity index (χ2n) is 5.78. The van der Waals surface area contributed by atoms with E-state index in [0.717, 1.165) is 49.2 Å². The number of benzene rings is 1. The van der Waals surface area contributed by atoms with E-state index in [0.29, 0.717) is 6.54 Å². The van der Waals surface area contributed by atoms with Gasteiger partial charge in [0, 0.05) is 37.2 Å². The first kappa shape index (κ1) is 17.9. The normalized spacial score (nSPS) is 17.7. The molecule has 1 aliphatic rings. The molecule has 1 saturated heterocycles. The van der Waals surface area contributed by atoms with E-state index >= 15 is 0 Å². The van der Waals surface area contributed by atoms with Crippen LogP contribution in [0.4, 0.5) is 0 Å². The fourth-order valence-corrected chi connectivity index (χ4v) is 3.91. The minimum atomic E-state index is -3.25. The maximum absolute atomic E-state index is 12.0. The van der Waals surface area contributed by atoms with Crippen LogP contribution in [0.1, 0.15) is 12.0 Å². The quantitative estimate of drug-likeness (QED) is 0.718. The Balaban J connectivity index is 1.68. The third-order valence-corrected chi connectivity index (χ3v) is 5.72. The van der Waals surface area contributed by atoms with Gasteiger partial charge in [-0.2, -0.15) is 0 Å². The predicted molar refractivity (Wildman–Crippen MR) is 93.3 cm³/mol. The summed E-state index contributed by atoms with van der Waals surface area (Å²) in [6.45, 7) is 5.79. The molecule has 0 aliphatic carbocycles. The van der Waals surface area contributed by atoms with E-state index in [-0.39, 0.29) is 5.75 Å². The van der Waals surface area contributed by atoms with Crippen LogP contribution in [0.25, 0.3) is 0 Å². The summed E-state index contributed by atoms with van der Waals surface area (Å²) in [7, 11) is -1.12. The number of likely N-dealkylation sites (N-methyl/N-ethyl adjacent to an activating group) is 1. The zero-order valence-electron chi connectivity index (χ0n) is 13.0. The van der Waals surface area contributed by atoms with Crippen molar-refractivity contribution in [3.05, 3.63) is 34.3 Å². The van der Waals surface area contributed by atoms with Gasteiger partial charge < -0.3 is 9.80 Å². The molecule has 2 rings (SSSR count). The minimum Gasteiger partial charge on any atom is -0.304 e. The zero-order valence-corrected chi connectivity index (χ0v) is 15.4. The molecule has 7 heteroatoms. The van der Waals surface area contributed by atoms with Crippen LogP contribution >= 0.6 is 15.9 Å². The summed E-state index contributed by atoms with van der Waals surface area (Å²) in [5, 5.41) is 0. The number of rotatable bonds is 7. The third-order valence-electron chi connectivity index (χ3n) is 3.84.